The molecule has 1 rings (SSSR count). The van der Waals surface area contributed by atoms with Gasteiger partial charge in [-0.1, -0.05) is 27.4 Å². The number of nitrogens with zero attached hydrogens (tertiary/aromatic N) is 2. The Morgan fingerprint density at radius 1 is 1.39 bits per heavy atom. The predicted octanol–water partition coefficient (Wildman–Crippen LogP) is 4.22. The zero-order chi connectivity index (χ0) is 18.0. The Hall–Kier alpha value is -2.01. The number of amides is 1. The van der Waals surface area contributed by atoms with E-state index in [9.17, 15) is 9.18 Å². The lowest BCUT2D eigenvalue weighted by Gasteiger charge is -2.15. The maximum absolute atomic E-state index is 13.5. The molecule has 0 saturated heterocycles. The molecule has 0 aliphatic carbocycles. The summed E-state index contributed by atoms with van der Waals surface area (Å²) in [6, 6.07) is 3.28. The number of halogens is 1. The topological polar surface area (TPSA) is 44.7 Å². The van der Waals surface area contributed by atoms with Gasteiger partial charge < -0.3 is 10.2 Å². The summed E-state index contributed by atoms with van der Waals surface area (Å²) in [5, 5.41) is 2.81. The van der Waals surface area contributed by atoms with Crippen LogP contribution in [-0.2, 0) is 0 Å². The van der Waals surface area contributed by atoms with E-state index in [0.717, 1.165) is 18.7 Å². The molecule has 0 fully saturated rings. The summed E-state index contributed by atoms with van der Waals surface area (Å²) in [5.41, 5.74) is 1.53. The van der Waals surface area contributed by atoms with E-state index in [2.05, 4.69) is 28.5 Å². The fourth-order valence-electron chi connectivity index (χ4n) is 1.94. The van der Waals surface area contributed by atoms with Crippen LogP contribution >= 0.6 is 0 Å². The Bertz CT molecular complexity index is 561. The van der Waals surface area contributed by atoms with Gasteiger partial charge in [-0.3, -0.25) is 9.79 Å². The summed E-state index contributed by atoms with van der Waals surface area (Å²) in [4.78, 5) is 18.1. The molecule has 1 aromatic rings. The molecule has 130 valence electrons. The van der Waals surface area contributed by atoms with Gasteiger partial charge in [-0.15, -0.1) is 0 Å². The van der Waals surface area contributed by atoms with E-state index in [4.69, 9.17) is 0 Å². The van der Waals surface area contributed by atoms with Gasteiger partial charge >= 0.3 is 0 Å². The average Bonchev–Trinajstić information content (AvgIpc) is 2.55. The highest BCUT2D eigenvalue weighted by molar-refractivity contribution is 6.01. The van der Waals surface area contributed by atoms with E-state index in [-0.39, 0.29) is 18.6 Å². The third kappa shape index (κ3) is 6.32. The molecule has 0 bridgehead atoms. The highest BCUT2D eigenvalue weighted by Gasteiger charge is 2.16. The fourth-order valence-corrected chi connectivity index (χ4v) is 1.94. The van der Waals surface area contributed by atoms with Crippen molar-refractivity contribution in [1.29, 1.82) is 0 Å². The molecule has 0 heterocycles. The van der Waals surface area contributed by atoms with Crippen molar-refractivity contribution in [1.82, 2.24) is 10.2 Å². The monoisotopic (exact) mass is 323 g/mol. The van der Waals surface area contributed by atoms with Gasteiger partial charge in [-0.05, 0) is 44.9 Å². The van der Waals surface area contributed by atoms with Gasteiger partial charge in [0.15, 0.2) is 0 Å². The summed E-state index contributed by atoms with van der Waals surface area (Å²) in [7, 11) is 1.97. The van der Waals surface area contributed by atoms with Crippen LogP contribution < -0.4 is 5.32 Å². The van der Waals surface area contributed by atoms with Crippen LogP contribution in [0.5, 0.6) is 0 Å². The summed E-state index contributed by atoms with van der Waals surface area (Å²) < 4.78 is 13.5. The average molecular weight is 323 g/mol. The number of likely N-dealkylation sites (N-methyl/N-ethyl adjacent to an activating group) is 1. The molecule has 0 unspecified atom stereocenters. The van der Waals surface area contributed by atoms with Crippen LogP contribution in [0.25, 0.3) is 5.83 Å². The number of carbonyl (C=O) groups is 1. The van der Waals surface area contributed by atoms with Crippen LogP contribution in [0.4, 0.5) is 10.1 Å². The van der Waals surface area contributed by atoms with Crippen LogP contribution in [0.3, 0.4) is 0 Å². The molecule has 0 spiro atoms. The number of benzene rings is 1. The molecule has 0 saturated carbocycles. The maximum atomic E-state index is 13.5. The van der Waals surface area contributed by atoms with Crippen molar-refractivity contribution in [3.63, 3.8) is 0 Å². The minimum absolute atomic E-state index is 0. The van der Waals surface area contributed by atoms with Crippen LogP contribution in [0.1, 0.15) is 43.7 Å². The summed E-state index contributed by atoms with van der Waals surface area (Å²) in [6.45, 7) is 16.7. The molecule has 1 amide bonds. The second-order valence-electron chi connectivity index (χ2n) is 4.92. The molecule has 0 aliphatic rings. The first-order chi connectivity index (χ1) is 10.9. The van der Waals surface area contributed by atoms with E-state index in [1.165, 1.54) is 0 Å². The summed E-state index contributed by atoms with van der Waals surface area (Å²) in [5.74, 6) is -0.908. The van der Waals surface area contributed by atoms with E-state index in [1.807, 2.05) is 27.8 Å². The molecule has 0 aromatic heterocycles. The number of rotatable bonds is 7. The largest absolute Gasteiger partial charge is 0.351 e. The van der Waals surface area contributed by atoms with Gasteiger partial charge in [0.2, 0.25) is 0 Å². The quantitative estimate of drug-likeness (QED) is 0.764. The fraction of sp³-hybridized carbons (Fsp3) is 0.444. The summed E-state index contributed by atoms with van der Waals surface area (Å²) in [6.07, 6.45) is 0. The van der Waals surface area contributed by atoms with E-state index in [1.54, 1.807) is 19.1 Å². The Labute approximate surface area is 140 Å². The van der Waals surface area contributed by atoms with E-state index in [0.29, 0.717) is 12.1 Å². The van der Waals surface area contributed by atoms with Gasteiger partial charge in [-0.2, -0.15) is 0 Å². The standard InChI is InChI=1S/C16H22FN3O.C2H6.H2/c1-6-20(5)8-7-19-16(21)14-10-11(2)9-13(12(3)17)15(14)18-4;1-2;/h9-10H,3-4,6-8H2,1-2,5H3,(H,19,21);1-2H3;1H. The van der Waals surface area contributed by atoms with Crippen LogP contribution in [0, 0.1) is 6.92 Å². The van der Waals surface area contributed by atoms with Crippen molar-refractivity contribution in [2.24, 2.45) is 4.99 Å². The van der Waals surface area contributed by atoms with Crippen molar-refractivity contribution in [2.75, 3.05) is 26.7 Å². The Balaban J connectivity index is 0. The van der Waals surface area contributed by atoms with Gasteiger partial charge in [0, 0.05) is 20.1 Å². The van der Waals surface area contributed by atoms with E-state index >= 15 is 0 Å². The van der Waals surface area contributed by atoms with Crippen molar-refractivity contribution < 1.29 is 10.6 Å². The first-order valence-electron chi connectivity index (χ1n) is 7.83. The molecule has 23 heavy (non-hydrogen) atoms. The zero-order valence-electron chi connectivity index (χ0n) is 14.9. The number of aliphatic imine (C=N–C) groups is 1. The first-order valence-corrected chi connectivity index (χ1v) is 7.83. The normalized spacial score (nSPS) is 9.87. The molecular weight excluding hydrogens is 293 g/mol. The third-order valence-electron chi connectivity index (χ3n) is 3.27. The SMILES string of the molecule is C=Nc1c(C(=C)F)cc(C)cc1C(=O)NCCN(C)CC.CC.[HH]. The second-order valence-corrected chi connectivity index (χ2v) is 4.92. The molecular formula is C18H30FN3O. The predicted molar refractivity (Wildman–Crippen MR) is 99.5 cm³/mol. The molecule has 1 aromatic carbocycles. The molecule has 1 N–H and O–H groups in total. The lowest BCUT2D eigenvalue weighted by atomic mass is 10.0. The van der Waals surface area contributed by atoms with Gasteiger partial charge in [0.05, 0.1) is 11.3 Å². The van der Waals surface area contributed by atoms with Crippen LogP contribution in [0.2, 0.25) is 0 Å². The maximum Gasteiger partial charge on any atom is 0.253 e. The lowest BCUT2D eigenvalue weighted by molar-refractivity contribution is 0.0950. The smallest absolute Gasteiger partial charge is 0.253 e. The zero-order valence-corrected chi connectivity index (χ0v) is 14.9. The van der Waals surface area contributed by atoms with Gasteiger partial charge in [-0.25, -0.2) is 4.39 Å². The molecule has 0 aliphatic heterocycles. The van der Waals surface area contributed by atoms with Crippen LogP contribution in [0.15, 0.2) is 23.7 Å². The number of hydrogen-bond donors (Lipinski definition) is 1. The number of carbonyl (C=O) groups excluding carboxylic acids is 1. The van der Waals surface area contributed by atoms with Crippen molar-refractivity contribution >= 4 is 24.1 Å². The van der Waals surface area contributed by atoms with Gasteiger partial charge in [0.25, 0.3) is 5.91 Å². The van der Waals surface area contributed by atoms with Crippen LogP contribution in [-0.4, -0.2) is 44.2 Å². The number of nitrogens with one attached hydrogen (secondary N) is 1. The van der Waals surface area contributed by atoms with E-state index < -0.39 is 5.83 Å². The molecule has 0 radical (unpaired) electrons. The van der Waals surface area contributed by atoms with Crippen molar-refractivity contribution in [3.8, 4) is 0 Å². The Kier molecular flexibility index (Phi) is 9.74. The third-order valence-corrected chi connectivity index (χ3v) is 3.27. The minimum atomic E-state index is -0.624. The minimum Gasteiger partial charge on any atom is -0.351 e. The van der Waals surface area contributed by atoms with Crippen molar-refractivity contribution in [2.45, 2.75) is 27.7 Å². The number of hydrogen-bond acceptors (Lipinski definition) is 3. The first kappa shape index (κ1) is 21.0. The Morgan fingerprint density at radius 2 is 1.96 bits per heavy atom. The highest BCUT2D eigenvalue weighted by atomic mass is 19.1. The van der Waals surface area contributed by atoms with Gasteiger partial charge in [0.1, 0.15) is 5.83 Å². The molecule has 0 atom stereocenters. The number of aryl methyl sites for hydroxylation is 1. The highest BCUT2D eigenvalue weighted by Crippen LogP contribution is 2.31. The molecule has 4 nitrogen and oxygen atoms in total. The summed E-state index contributed by atoms with van der Waals surface area (Å²) >= 11 is 0. The lowest BCUT2D eigenvalue weighted by Crippen LogP contribution is -2.33. The Morgan fingerprint density at radius 3 is 2.43 bits per heavy atom. The molecule has 5 heteroatoms. The van der Waals surface area contributed by atoms with Crippen molar-refractivity contribution in [3.05, 3.63) is 35.4 Å². The second kappa shape index (κ2) is 10.7.